The fraction of sp³-hybridized carbons (Fsp3) is 0.400. The fourth-order valence-electron chi connectivity index (χ4n) is 1.45. The second-order valence-electron chi connectivity index (χ2n) is 3.92. The molecule has 20 heavy (non-hydrogen) atoms. The van der Waals surface area contributed by atoms with Crippen LogP contribution in [-0.4, -0.2) is 37.4 Å². The van der Waals surface area contributed by atoms with Gasteiger partial charge in [-0.3, -0.25) is 4.79 Å². The Morgan fingerprint density at radius 3 is 2.95 bits per heavy atom. The van der Waals surface area contributed by atoms with Crippen LogP contribution < -0.4 is 5.32 Å². The number of hydrogen-bond donors (Lipinski definition) is 2. The fourth-order valence-corrected chi connectivity index (χ4v) is 1.68. The number of ether oxygens (including phenoxy) is 1. The Morgan fingerprint density at radius 2 is 2.30 bits per heavy atom. The molecule has 0 radical (unpaired) electrons. The van der Waals surface area contributed by atoms with E-state index < -0.39 is 0 Å². The summed E-state index contributed by atoms with van der Waals surface area (Å²) in [4.78, 5) is 11.8. The molecule has 0 aliphatic carbocycles. The minimum absolute atomic E-state index is 0.0188. The molecule has 0 aliphatic rings. The molecule has 5 heteroatoms. The molecule has 0 fully saturated rings. The Kier molecular flexibility index (Phi) is 7.74. The largest absolute Gasteiger partial charge is 0.395 e. The highest BCUT2D eigenvalue weighted by molar-refractivity contribution is 6.32. The van der Waals surface area contributed by atoms with Gasteiger partial charge in [0.1, 0.15) is 0 Å². The van der Waals surface area contributed by atoms with Gasteiger partial charge in [0.25, 0.3) is 5.91 Å². The first-order valence-corrected chi connectivity index (χ1v) is 6.82. The molecule has 4 nitrogen and oxygen atoms in total. The lowest BCUT2D eigenvalue weighted by atomic mass is 10.1. The zero-order valence-corrected chi connectivity index (χ0v) is 12.2. The molecule has 1 amide bonds. The quantitative estimate of drug-likeness (QED) is 0.622. The van der Waals surface area contributed by atoms with Gasteiger partial charge in [-0.2, -0.15) is 0 Å². The molecule has 2 N–H and O–H groups in total. The lowest BCUT2D eigenvalue weighted by Gasteiger charge is -2.06. The highest BCUT2D eigenvalue weighted by Gasteiger charge is 2.07. The van der Waals surface area contributed by atoms with Crippen LogP contribution in [0.4, 0.5) is 0 Å². The number of aliphatic hydroxyl groups is 1. The van der Waals surface area contributed by atoms with E-state index in [2.05, 4.69) is 17.2 Å². The van der Waals surface area contributed by atoms with Gasteiger partial charge in [-0.1, -0.05) is 23.4 Å². The number of carbonyl (C=O) groups excluding carboxylic acids is 1. The Hall–Kier alpha value is -1.54. The molecule has 0 saturated heterocycles. The van der Waals surface area contributed by atoms with E-state index in [9.17, 15) is 4.79 Å². The first kappa shape index (κ1) is 16.5. The van der Waals surface area contributed by atoms with Crippen LogP contribution in [0.15, 0.2) is 18.2 Å². The summed E-state index contributed by atoms with van der Waals surface area (Å²) in [7, 11) is 0. The van der Waals surface area contributed by atoms with Crippen molar-refractivity contribution in [2.24, 2.45) is 0 Å². The maximum absolute atomic E-state index is 11.8. The maximum atomic E-state index is 11.8. The molecule has 0 aliphatic heterocycles. The highest BCUT2D eigenvalue weighted by Crippen LogP contribution is 2.17. The van der Waals surface area contributed by atoms with Gasteiger partial charge in [0, 0.05) is 30.7 Å². The number of halogens is 1. The van der Waals surface area contributed by atoms with Crippen molar-refractivity contribution in [2.75, 3.05) is 26.4 Å². The molecule has 1 aromatic rings. The van der Waals surface area contributed by atoms with Crippen LogP contribution in [0.25, 0.3) is 0 Å². The summed E-state index contributed by atoms with van der Waals surface area (Å²) in [5, 5.41) is 11.8. The summed E-state index contributed by atoms with van der Waals surface area (Å²) in [6, 6.07) is 4.95. The minimum Gasteiger partial charge on any atom is -0.395 e. The number of aliphatic hydroxyl groups excluding tert-OH is 1. The third kappa shape index (κ3) is 5.62. The standard InChI is InChI=1S/C15H18ClNO3/c1-2-20-10-8-17-15(19)13-7-6-12(14(16)11-13)5-3-4-9-18/h6-7,11,18H,2,4,8-10H2,1H3,(H,17,19). The Labute approximate surface area is 124 Å². The van der Waals surface area contributed by atoms with Gasteiger partial charge < -0.3 is 15.2 Å². The van der Waals surface area contributed by atoms with Crippen LogP contribution in [0.2, 0.25) is 5.02 Å². The summed E-state index contributed by atoms with van der Waals surface area (Å²) in [5.74, 6) is 5.44. The summed E-state index contributed by atoms with van der Waals surface area (Å²) in [6.45, 7) is 3.50. The average Bonchev–Trinajstić information content (AvgIpc) is 2.45. The van der Waals surface area contributed by atoms with E-state index in [1.165, 1.54) is 0 Å². The molecule has 0 atom stereocenters. The van der Waals surface area contributed by atoms with E-state index in [1.807, 2.05) is 6.92 Å². The van der Waals surface area contributed by atoms with E-state index in [0.717, 1.165) is 0 Å². The van der Waals surface area contributed by atoms with Crippen molar-refractivity contribution in [1.82, 2.24) is 5.32 Å². The second-order valence-corrected chi connectivity index (χ2v) is 4.33. The Morgan fingerprint density at radius 1 is 1.50 bits per heavy atom. The van der Waals surface area contributed by atoms with E-state index in [-0.39, 0.29) is 12.5 Å². The molecule has 1 rings (SSSR count). The molecule has 1 aromatic carbocycles. The summed E-state index contributed by atoms with van der Waals surface area (Å²) in [5.41, 5.74) is 1.13. The number of carbonyl (C=O) groups is 1. The van der Waals surface area contributed by atoms with Crippen LogP contribution in [0.3, 0.4) is 0 Å². The van der Waals surface area contributed by atoms with Crippen LogP contribution in [0.5, 0.6) is 0 Å². The van der Waals surface area contributed by atoms with Crippen molar-refractivity contribution in [3.05, 3.63) is 34.3 Å². The molecule has 0 saturated carbocycles. The van der Waals surface area contributed by atoms with Crippen LogP contribution in [0, 0.1) is 11.8 Å². The molecule has 0 heterocycles. The third-order valence-corrected chi connectivity index (χ3v) is 2.74. The molecular formula is C15H18ClNO3. The van der Waals surface area contributed by atoms with E-state index in [0.29, 0.717) is 42.3 Å². The van der Waals surface area contributed by atoms with Crippen molar-refractivity contribution in [3.63, 3.8) is 0 Å². The number of benzene rings is 1. The van der Waals surface area contributed by atoms with Gasteiger partial charge in [-0.25, -0.2) is 0 Å². The summed E-state index contributed by atoms with van der Waals surface area (Å²) >= 11 is 6.07. The third-order valence-electron chi connectivity index (χ3n) is 2.43. The number of hydrogen-bond acceptors (Lipinski definition) is 3. The van der Waals surface area contributed by atoms with Crippen LogP contribution in [0.1, 0.15) is 29.3 Å². The topological polar surface area (TPSA) is 58.6 Å². The van der Waals surface area contributed by atoms with Gasteiger partial charge in [-0.05, 0) is 25.1 Å². The van der Waals surface area contributed by atoms with E-state index in [4.69, 9.17) is 21.4 Å². The van der Waals surface area contributed by atoms with Gasteiger partial charge in [0.2, 0.25) is 0 Å². The minimum atomic E-state index is -0.193. The number of amides is 1. The van der Waals surface area contributed by atoms with Gasteiger partial charge in [0.15, 0.2) is 0 Å². The highest BCUT2D eigenvalue weighted by atomic mass is 35.5. The lowest BCUT2D eigenvalue weighted by molar-refractivity contribution is 0.0922. The predicted molar refractivity (Wildman–Crippen MR) is 78.9 cm³/mol. The first-order valence-electron chi connectivity index (χ1n) is 6.44. The summed E-state index contributed by atoms with van der Waals surface area (Å²) in [6.07, 6.45) is 0.399. The molecule has 0 aromatic heterocycles. The normalized spacial score (nSPS) is 9.75. The monoisotopic (exact) mass is 295 g/mol. The smallest absolute Gasteiger partial charge is 0.251 e. The van der Waals surface area contributed by atoms with E-state index in [1.54, 1.807) is 18.2 Å². The average molecular weight is 296 g/mol. The van der Waals surface area contributed by atoms with Crippen LogP contribution in [-0.2, 0) is 4.74 Å². The van der Waals surface area contributed by atoms with Gasteiger partial charge >= 0.3 is 0 Å². The van der Waals surface area contributed by atoms with Gasteiger partial charge in [-0.15, -0.1) is 0 Å². The van der Waals surface area contributed by atoms with Gasteiger partial charge in [0.05, 0.1) is 18.2 Å². The van der Waals surface area contributed by atoms with Crippen molar-refractivity contribution in [1.29, 1.82) is 0 Å². The number of nitrogens with one attached hydrogen (secondary N) is 1. The molecular weight excluding hydrogens is 278 g/mol. The zero-order chi connectivity index (χ0) is 14.8. The molecule has 0 unspecified atom stereocenters. The van der Waals surface area contributed by atoms with E-state index >= 15 is 0 Å². The molecule has 108 valence electrons. The van der Waals surface area contributed by atoms with Crippen molar-refractivity contribution in [3.8, 4) is 11.8 Å². The SMILES string of the molecule is CCOCCNC(=O)c1ccc(C#CCCO)c(Cl)c1. The summed E-state index contributed by atoms with van der Waals surface area (Å²) < 4.78 is 5.14. The Balaban J connectivity index is 2.62. The zero-order valence-electron chi connectivity index (χ0n) is 11.4. The second kappa shape index (κ2) is 9.38. The predicted octanol–water partition coefficient (Wildman–Crippen LogP) is 1.84. The first-order chi connectivity index (χ1) is 9.69. The Bertz CT molecular complexity index is 506. The van der Waals surface area contributed by atoms with Crippen LogP contribution >= 0.6 is 11.6 Å². The molecule has 0 bridgehead atoms. The van der Waals surface area contributed by atoms with Crippen molar-refractivity contribution >= 4 is 17.5 Å². The number of rotatable bonds is 6. The van der Waals surface area contributed by atoms with Crippen molar-refractivity contribution in [2.45, 2.75) is 13.3 Å². The maximum Gasteiger partial charge on any atom is 0.251 e. The molecule has 0 spiro atoms. The van der Waals surface area contributed by atoms with Crippen molar-refractivity contribution < 1.29 is 14.6 Å². The lowest BCUT2D eigenvalue weighted by Crippen LogP contribution is -2.27.